The fourth-order valence-electron chi connectivity index (χ4n) is 3.37. The van der Waals surface area contributed by atoms with Crippen molar-refractivity contribution in [2.24, 2.45) is 0 Å². The van der Waals surface area contributed by atoms with Crippen molar-refractivity contribution in [1.82, 2.24) is 14.9 Å². The van der Waals surface area contributed by atoms with E-state index in [1.54, 1.807) is 49.6 Å². The Morgan fingerprint density at radius 2 is 1.81 bits per heavy atom. The number of carbonyl (C=O) groups excluding carboxylic acids is 1. The number of halogens is 1. The van der Waals surface area contributed by atoms with Gasteiger partial charge in [-0.25, -0.2) is 4.79 Å². The van der Waals surface area contributed by atoms with E-state index in [1.807, 2.05) is 18.2 Å². The first kappa shape index (κ1) is 21.4. The predicted molar refractivity (Wildman–Crippen MR) is 124 cm³/mol. The van der Waals surface area contributed by atoms with Crippen LogP contribution in [0.25, 0.3) is 10.9 Å². The Morgan fingerprint density at radius 3 is 2.53 bits per heavy atom. The summed E-state index contributed by atoms with van der Waals surface area (Å²) in [7, 11) is 1.57. The van der Waals surface area contributed by atoms with Gasteiger partial charge in [-0.3, -0.25) is 14.2 Å². The fraction of sp³-hybridized carbons (Fsp3) is 0.125. The summed E-state index contributed by atoms with van der Waals surface area (Å²) in [6.07, 6.45) is 0. The number of amides is 1. The van der Waals surface area contributed by atoms with Crippen LogP contribution in [0.1, 0.15) is 21.5 Å². The van der Waals surface area contributed by atoms with E-state index in [0.717, 1.165) is 15.7 Å². The zero-order chi connectivity index (χ0) is 22.7. The van der Waals surface area contributed by atoms with Gasteiger partial charge in [-0.05, 0) is 47.5 Å². The number of nitrogens with zero attached hydrogens (tertiary/aromatic N) is 1. The standard InChI is InChI=1S/C24H20ClN3O4/c1-32-18-9-6-15(7-10-18)14-28-23(30)19-11-8-16(12-21(19)27-24(28)31)22(29)26-13-17-4-2-3-5-20(17)25/h2-12H,13-14H2,1H3,(H,26,29)(H,27,31). The minimum Gasteiger partial charge on any atom is -0.497 e. The Hall–Kier alpha value is -3.84. The van der Waals surface area contributed by atoms with Gasteiger partial charge in [0.2, 0.25) is 0 Å². The number of rotatable bonds is 6. The maximum Gasteiger partial charge on any atom is 0.329 e. The highest BCUT2D eigenvalue weighted by Gasteiger charge is 2.12. The average molecular weight is 450 g/mol. The number of nitrogens with one attached hydrogen (secondary N) is 2. The van der Waals surface area contributed by atoms with Crippen LogP contribution < -0.4 is 21.3 Å². The summed E-state index contributed by atoms with van der Waals surface area (Å²) >= 11 is 6.12. The molecule has 0 aliphatic rings. The SMILES string of the molecule is COc1ccc(Cn2c(=O)[nH]c3cc(C(=O)NCc4ccccc4Cl)ccc3c2=O)cc1. The summed E-state index contributed by atoms with van der Waals surface area (Å²) in [5, 5.41) is 3.68. The molecule has 0 fully saturated rings. The highest BCUT2D eigenvalue weighted by molar-refractivity contribution is 6.31. The molecule has 7 nitrogen and oxygen atoms in total. The molecule has 3 aromatic carbocycles. The van der Waals surface area contributed by atoms with Gasteiger partial charge in [0.15, 0.2) is 0 Å². The van der Waals surface area contributed by atoms with Crippen LogP contribution in [-0.4, -0.2) is 22.6 Å². The van der Waals surface area contributed by atoms with Gasteiger partial charge in [-0.1, -0.05) is 41.9 Å². The third-order valence-electron chi connectivity index (χ3n) is 5.14. The lowest BCUT2D eigenvalue weighted by atomic mass is 10.1. The second-order valence-electron chi connectivity index (χ2n) is 7.20. The van der Waals surface area contributed by atoms with Crippen LogP contribution in [0, 0.1) is 0 Å². The van der Waals surface area contributed by atoms with Gasteiger partial charge in [-0.2, -0.15) is 0 Å². The number of benzene rings is 3. The number of H-pyrrole nitrogens is 1. The molecule has 0 aliphatic heterocycles. The molecule has 0 aliphatic carbocycles. The van der Waals surface area contributed by atoms with Crippen molar-refractivity contribution in [3.63, 3.8) is 0 Å². The Morgan fingerprint density at radius 1 is 1.06 bits per heavy atom. The molecular weight excluding hydrogens is 430 g/mol. The molecule has 4 rings (SSSR count). The van der Waals surface area contributed by atoms with Crippen LogP contribution in [-0.2, 0) is 13.1 Å². The normalized spacial score (nSPS) is 10.8. The third kappa shape index (κ3) is 4.43. The van der Waals surface area contributed by atoms with Crippen molar-refractivity contribution < 1.29 is 9.53 Å². The summed E-state index contributed by atoms with van der Waals surface area (Å²) in [5.41, 5.74) is 1.23. The van der Waals surface area contributed by atoms with Crippen LogP contribution in [0.2, 0.25) is 5.02 Å². The van der Waals surface area contributed by atoms with E-state index >= 15 is 0 Å². The quantitative estimate of drug-likeness (QED) is 0.472. The van der Waals surface area contributed by atoms with Crippen LogP contribution in [0.15, 0.2) is 76.3 Å². The molecule has 1 aromatic heterocycles. The van der Waals surface area contributed by atoms with Gasteiger partial charge in [-0.15, -0.1) is 0 Å². The maximum absolute atomic E-state index is 12.9. The lowest BCUT2D eigenvalue weighted by Gasteiger charge is -2.09. The van der Waals surface area contributed by atoms with Gasteiger partial charge in [0.05, 0.1) is 24.6 Å². The third-order valence-corrected chi connectivity index (χ3v) is 5.51. The molecule has 2 N–H and O–H groups in total. The van der Waals surface area contributed by atoms with Gasteiger partial charge in [0.1, 0.15) is 5.75 Å². The minimum atomic E-state index is -0.549. The van der Waals surface area contributed by atoms with Crippen LogP contribution >= 0.6 is 11.6 Å². The van der Waals surface area contributed by atoms with Crippen molar-refractivity contribution in [3.05, 3.63) is 109 Å². The number of hydrogen-bond donors (Lipinski definition) is 2. The lowest BCUT2D eigenvalue weighted by Crippen LogP contribution is -2.35. The number of aromatic amines is 1. The Bertz CT molecular complexity index is 1410. The molecule has 0 saturated carbocycles. The predicted octanol–water partition coefficient (Wildman–Crippen LogP) is 3.33. The first-order valence-electron chi connectivity index (χ1n) is 9.87. The van der Waals surface area contributed by atoms with Crippen molar-refractivity contribution >= 4 is 28.4 Å². The smallest absolute Gasteiger partial charge is 0.329 e. The van der Waals surface area contributed by atoms with Gasteiger partial charge < -0.3 is 15.0 Å². The monoisotopic (exact) mass is 449 g/mol. The van der Waals surface area contributed by atoms with E-state index in [-0.39, 0.29) is 19.0 Å². The van der Waals surface area contributed by atoms with E-state index in [1.165, 1.54) is 6.07 Å². The topological polar surface area (TPSA) is 93.2 Å². The first-order chi connectivity index (χ1) is 15.5. The van der Waals surface area contributed by atoms with E-state index in [2.05, 4.69) is 10.3 Å². The van der Waals surface area contributed by atoms with Crippen molar-refractivity contribution in [1.29, 1.82) is 0 Å². The van der Waals surface area contributed by atoms with Gasteiger partial charge in [0.25, 0.3) is 11.5 Å². The molecule has 32 heavy (non-hydrogen) atoms. The average Bonchev–Trinajstić information content (AvgIpc) is 2.81. The second kappa shape index (κ2) is 9.11. The number of hydrogen-bond acceptors (Lipinski definition) is 4. The number of fused-ring (bicyclic) bond motifs is 1. The molecule has 0 bridgehead atoms. The van der Waals surface area contributed by atoms with Crippen LogP contribution in [0.3, 0.4) is 0 Å². The van der Waals surface area contributed by atoms with Crippen LogP contribution in [0.5, 0.6) is 5.75 Å². The molecule has 1 amide bonds. The molecule has 162 valence electrons. The molecule has 8 heteroatoms. The number of ether oxygens (including phenoxy) is 1. The molecule has 1 heterocycles. The van der Waals surface area contributed by atoms with Crippen LogP contribution in [0.4, 0.5) is 0 Å². The number of carbonyl (C=O) groups is 1. The molecule has 0 radical (unpaired) electrons. The minimum absolute atomic E-state index is 0.119. The van der Waals surface area contributed by atoms with E-state index in [9.17, 15) is 14.4 Å². The largest absolute Gasteiger partial charge is 0.497 e. The lowest BCUT2D eigenvalue weighted by molar-refractivity contribution is 0.0951. The number of methoxy groups -OCH3 is 1. The maximum atomic E-state index is 12.9. The summed E-state index contributed by atoms with van der Waals surface area (Å²) in [6.45, 7) is 0.380. The Kier molecular flexibility index (Phi) is 6.09. The zero-order valence-electron chi connectivity index (χ0n) is 17.2. The fourth-order valence-corrected chi connectivity index (χ4v) is 3.57. The molecule has 4 aromatic rings. The first-order valence-corrected chi connectivity index (χ1v) is 10.3. The van der Waals surface area contributed by atoms with Crippen molar-refractivity contribution in [2.45, 2.75) is 13.1 Å². The van der Waals surface area contributed by atoms with E-state index < -0.39 is 11.2 Å². The zero-order valence-corrected chi connectivity index (χ0v) is 18.0. The molecule has 0 atom stereocenters. The van der Waals surface area contributed by atoms with Gasteiger partial charge >= 0.3 is 5.69 Å². The molecule has 0 unspecified atom stereocenters. The molecule has 0 saturated heterocycles. The van der Waals surface area contributed by atoms with E-state index in [0.29, 0.717) is 27.2 Å². The summed E-state index contributed by atoms with van der Waals surface area (Å²) in [5.74, 6) is 0.351. The number of aromatic nitrogens is 2. The Balaban J connectivity index is 1.58. The van der Waals surface area contributed by atoms with Crippen molar-refractivity contribution in [2.75, 3.05) is 7.11 Å². The van der Waals surface area contributed by atoms with E-state index in [4.69, 9.17) is 16.3 Å². The summed E-state index contributed by atoms with van der Waals surface area (Å²) in [4.78, 5) is 40.8. The van der Waals surface area contributed by atoms with Crippen molar-refractivity contribution in [3.8, 4) is 5.75 Å². The summed E-state index contributed by atoms with van der Waals surface area (Å²) in [6, 6.07) is 18.9. The van der Waals surface area contributed by atoms with Gasteiger partial charge in [0, 0.05) is 17.1 Å². The second-order valence-corrected chi connectivity index (χ2v) is 7.61. The Labute approximate surface area is 188 Å². The summed E-state index contributed by atoms with van der Waals surface area (Å²) < 4.78 is 6.25. The highest BCUT2D eigenvalue weighted by atomic mass is 35.5. The molecular formula is C24H20ClN3O4. The highest BCUT2D eigenvalue weighted by Crippen LogP contribution is 2.15. The molecule has 0 spiro atoms.